The van der Waals surface area contributed by atoms with Crippen LogP contribution in [0.25, 0.3) is 0 Å². The number of methoxy groups -OCH3 is 3. The van der Waals surface area contributed by atoms with Crippen molar-refractivity contribution < 1.29 is 19.0 Å². The van der Waals surface area contributed by atoms with Crippen molar-refractivity contribution in [2.24, 2.45) is 0 Å². The fourth-order valence-corrected chi connectivity index (χ4v) is 2.72. The summed E-state index contributed by atoms with van der Waals surface area (Å²) in [4.78, 5) is 16.2. The van der Waals surface area contributed by atoms with Gasteiger partial charge in [0.05, 0.1) is 20.8 Å². The van der Waals surface area contributed by atoms with Crippen LogP contribution in [0.3, 0.4) is 0 Å². The second-order valence-electron chi connectivity index (χ2n) is 5.68. The van der Waals surface area contributed by atoms with Gasteiger partial charge in [-0.25, -0.2) is 4.79 Å². The number of carbonyl (C=O) groups excluding carboxylic acids is 1. The number of nitrogens with zero attached hydrogens (tertiary/aromatic N) is 2. The molecule has 1 saturated heterocycles. The van der Waals surface area contributed by atoms with E-state index in [1.54, 1.807) is 21.3 Å². The van der Waals surface area contributed by atoms with Crippen molar-refractivity contribution in [2.45, 2.75) is 6.54 Å². The Kier molecular flexibility index (Phi) is 7.14. The molecule has 0 atom stereocenters. The van der Waals surface area contributed by atoms with Crippen LogP contribution in [0.4, 0.5) is 4.79 Å². The molecule has 1 aliphatic heterocycles. The zero-order valence-corrected chi connectivity index (χ0v) is 14.7. The fourth-order valence-electron chi connectivity index (χ4n) is 2.72. The molecule has 1 heterocycles. The Morgan fingerprint density at radius 3 is 2.42 bits per heavy atom. The van der Waals surface area contributed by atoms with Gasteiger partial charge in [-0.2, -0.15) is 0 Å². The Morgan fingerprint density at radius 2 is 1.79 bits per heavy atom. The molecule has 1 aromatic rings. The minimum absolute atomic E-state index is 0.0159. The Balaban J connectivity index is 1.81. The maximum atomic E-state index is 12.0. The number of hydrogen-bond acceptors (Lipinski definition) is 5. The van der Waals surface area contributed by atoms with Gasteiger partial charge in [-0.3, -0.25) is 4.90 Å². The van der Waals surface area contributed by atoms with E-state index in [9.17, 15) is 4.79 Å². The van der Waals surface area contributed by atoms with Crippen LogP contribution in [0.2, 0.25) is 0 Å². The smallest absolute Gasteiger partial charge is 0.317 e. The maximum Gasteiger partial charge on any atom is 0.317 e. The molecule has 0 spiro atoms. The van der Waals surface area contributed by atoms with E-state index in [-0.39, 0.29) is 6.03 Å². The number of nitrogens with one attached hydrogen (secondary N) is 1. The van der Waals surface area contributed by atoms with E-state index in [4.69, 9.17) is 14.2 Å². The summed E-state index contributed by atoms with van der Waals surface area (Å²) >= 11 is 0. The van der Waals surface area contributed by atoms with Gasteiger partial charge in [-0.05, 0) is 17.7 Å². The molecule has 0 saturated carbocycles. The molecule has 0 unspecified atom stereocenters. The monoisotopic (exact) mass is 337 g/mol. The van der Waals surface area contributed by atoms with Gasteiger partial charge in [0.15, 0.2) is 11.5 Å². The molecule has 1 aromatic carbocycles. The summed E-state index contributed by atoms with van der Waals surface area (Å²) in [7, 11) is 4.90. The number of ether oxygens (including phenoxy) is 3. The van der Waals surface area contributed by atoms with E-state index < -0.39 is 0 Å². The average molecular weight is 337 g/mol. The van der Waals surface area contributed by atoms with Gasteiger partial charge in [0.25, 0.3) is 0 Å². The number of piperazine rings is 1. The molecule has 1 aliphatic rings. The van der Waals surface area contributed by atoms with Crippen LogP contribution in [-0.4, -0.2) is 76.5 Å². The summed E-state index contributed by atoms with van der Waals surface area (Å²) in [5, 5.41) is 2.86. The molecule has 2 amide bonds. The van der Waals surface area contributed by atoms with Crippen molar-refractivity contribution in [2.75, 3.05) is 60.7 Å². The van der Waals surface area contributed by atoms with Crippen molar-refractivity contribution in [3.63, 3.8) is 0 Å². The summed E-state index contributed by atoms with van der Waals surface area (Å²) in [6, 6.07) is 5.96. The highest BCUT2D eigenvalue weighted by atomic mass is 16.5. The Bertz CT molecular complexity index is 531. The third-order valence-electron chi connectivity index (χ3n) is 4.10. The first kappa shape index (κ1) is 18.4. The first-order valence-corrected chi connectivity index (χ1v) is 8.13. The summed E-state index contributed by atoms with van der Waals surface area (Å²) in [5.74, 6) is 1.48. The SMILES string of the molecule is COCCNC(=O)N1CCN(Cc2ccc(OC)c(OC)c2)CC1. The van der Waals surface area contributed by atoms with Crippen molar-refractivity contribution in [3.8, 4) is 11.5 Å². The molecule has 7 nitrogen and oxygen atoms in total. The number of urea groups is 1. The predicted octanol–water partition coefficient (Wildman–Crippen LogP) is 1.18. The van der Waals surface area contributed by atoms with Crippen molar-refractivity contribution in [1.29, 1.82) is 0 Å². The molecule has 0 aliphatic carbocycles. The lowest BCUT2D eigenvalue weighted by Gasteiger charge is -2.34. The minimum Gasteiger partial charge on any atom is -0.493 e. The van der Waals surface area contributed by atoms with Gasteiger partial charge in [0.1, 0.15) is 0 Å². The number of rotatable bonds is 7. The highest BCUT2D eigenvalue weighted by Gasteiger charge is 2.21. The van der Waals surface area contributed by atoms with E-state index in [2.05, 4.69) is 10.2 Å². The van der Waals surface area contributed by atoms with Crippen molar-refractivity contribution in [1.82, 2.24) is 15.1 Å². The lowest BCUT2D eigenvalue weighted by Crippen LogP contribution is -2.51. The molecule has 1 fully saturated rings. The van der Waals surface area contributed by atoms with E-state index >= 15 is 0 Å². The summed E-state index contributed by atoms with van der Waals surface area (Å²) in [6.07, 6.45) is 0. The second-order valence-corrected chi connectivity index (χ2v) is 5.68. The lowest BCUT2D eigenvalue weighted by atomic mass is 10.1. The number of amides is 2. The Labute approximate surface area is 143 Å². The first-order valence-electron chi connectivity index (χ1n) is 8.13. The number of carbonyl (C=O) groups is 1. The summed E-state index contributed by atoms with van der Waals surface area (Å²) in [6.45, 7) is 5.07. The molecule has 1 N–H and O–H groups in total. The fraction of sp³-hybridized carbons (Fsp3) is 0.588. The lowest BCUT2D eigenvalue weighted by molar-refractivity contribution is 0.132. The van der Waals surface area contributed by atoms with Crippen LogP contribution in [0.15, 0.2) is 18.2 Å². The van der Waals surface area contributed by atoms with Gasteiger partial charge >= 0.3 is 6.03 Å². The van der Waals surface area contributed by atoms with E-state index in [0.717, 1.165) is 44.2 Å². The maximum absolute atomic E-state index is 12.0. The Hall–Kier alpha value is -1.99. The van der Waals surface area contributed by atoms with Crippen LogP contribution in [-0.2, 0) is 11.3 Å². The van der Waals surface area contributed by atoms with E-state index in [1.165, 1.54) is 5.56 Å². The molecular weight excluding hydrogens is 310 g/mol. The van der Waals surface area contributed by atoms with Gasteiger partial charge in [-0.15, -0.1) is 0 Å². The van der Waals surface area contributed by atoms with Gasteiger partial charge in [0.2, 0.25) is 0 Å². The molecule has 2 rings (SSSR count). The predicted molar refractivity (Wildman–Crippen MR) is 91.7 cm³/mol. The van der Waals surface area contributed by atoms with Crippen molar-refractivity contribution in [3.05, 3.63) is 23.8 Å². The molecule has 0 aromatic heterocycles. The van der Waals surface area contributed by atoms with Crippen LogP contribution in [0, 0.1) is 0 Å². The minimum atomic E-state index is -0.0159. The summed E-state index contributed by atoms with van der Waals surface area (Å²) < 4.78 is 15.5. The topological polar surface area (TPSA) is 63.3 Å². The third-order valence-corrected chi connectivity index (χ3v) is 4.10. The zero-order valence-electron chi connectivity index (χ0n) is 14.7. The largest absolute Gasteiger partial charge is 0.493 e. The van der Waals surface area contributed by atoms with Gasteiger partial charge in [0, 0.05) is 46.4 Å². The van der Waals surface area contributed by atoms with Crippen LogP contribution in [0.5, 0.6) is 11.5 Å². The standard InChI is InChI=1S/C17H27N3O4/c1-22-11-6-18-17(21)20-9-7-19(8-10-20)13-14-4-5-15(23-2)16(12-14)24-3/h4-5,12H,6-11,13H2,1-3H3,(H,18,21). The summed E-state index contributed by atoms with van der Waals surface area (Å²) in [5.41, 5.74) is 1.17. The third kappa shape index (κ3) is 5.01. The first-order chi connectivity index (χ1) is 11.7. The number of hydrogen-bond donors (Lipinski definition) is 1. The molecular formula is C17H27N3O4. The highest BCUT2D eigenvalue weighted by Crippen LogP contribution is 2.28. The van der Waals surface area contributed by atoms with Crippen molar-refractivity contribution >= 4 is 6.03 Å². The average Bonchev–Trinajstić information content (AvgIpc) is 2.62. The van der Waals surface area contributed by atoms with E-state index in [0.29, 0.717) is 13.2 Å². The molecule has 7 heteroatoms. The zero-order chi connectivity index (χ0) is 17.4. The highest BCUT2D eigenvalue weighted by molar-refractivity contribution is 5.74. The van der Waals surface area contributed by atoms with Gasteiger partial charge < -0.3 is 24.4 Å². The molecule has 0 bridgehead atoms. The van der Waals surface area contributed by atoms with Crippen LogP contribution >= 0.6 is 0 Å². The molecule has 134 valence electrons. The van der Waals surface area contributed by atoms with Crippen LogP contribution < -0.4 is 14.8 Å². The van der Waals surface area contributed by atoms with Crippen LogP contribution in [0.1, 0.15) is 5.56 Å². The quantitative estimate of drug-likeness (QED) is 0.757. The Morgan fingerprint density at radius 1 is 1.08 bits per heavy atom. The second kappa shape index (κ2) is 9.34. The number of benzene rings is 1. The molecule has 24 heavy (non-hydrogen) atoms. The van der Waals surface area contributed by atoms with Gasteiger partial charge in [-0.1, -0.05) is 6.07 Å². The van der Waals surface area contributed by atoms with E-state index in [1.807, 2.05) is 23.1 Å². The normalized spacial score (nSPS) is 15.2. The molecule has 0 radical (unpaired) electrons.